The molecule has 0 aromatic rings. The number of hydrogen-bond acceptors (Lipinski definition) is 2. The normalized spacial score (nSPS) is 34.3. The molecule has 0 aromatic heterocycles. The molecule has 64 valence electrons. The Bertz CT molecular complexity index is 156. The summed E-state index contributed by atoms with van der Waals surface area (Å²) in [6, 6.07) is 0.156. The fourth-order valence-corrected chi connectivity index (χ4v) is 1.72. The molecule has 0 radical (unpaired) electrons. The monoisotopic (exact) mass is 155 g/mol. The lowest BCUT2D eigenvalue weighted by atomic mass is 9.92. The maximum atomic E-state index is 11.5. The number of Topliss-reactive ketones (excluding diaryl/α,β-unsaturated/α-hetero) is 1. The molecular weight excluding hydrogens is 138 g/mol. The Morgan fingerprint density at radius 2 is 2.18 bits per heavy atom. The van der Waals surface area contributed by atoms with Crippen LogP contribution in [0.1, 0.15) is 27.2 Å². The summed E-state index contributed by atoms with van der Waals surface area (Å²) in [6.07, 6.45) is 1.04. The third-order valence-corrected chi connectivity index (χ3v) is 2.70. The maximum Gasteiger partial charge on any atom is 0.152 e. The van der Waals surface area contributed by atoms with Gasteiger partial charge in [-0.25, -0.2) is 0 Å². The highest BCUT2D eigenvalue weighted by Gasteiger charge is 2.29. The second-order valence-corrected chi connectivity index (χ2v) is 3.40. The predicted molar refractivity (Wildman–Crippen MR) is 45.5 cm³/mol. The molecule has 0 spiro atoms. The summed E-state index contributed by atoms with van der Waals surface area (Å²) in [5, 5.41) is 0. The van der Waals surface area contributed by atoms with Crippen LogP contribution in [0.3, 0.4) is 0 Å². The molecule has 2 atom stereocenters. The number of likely N-dealkylation sites (tertiary alicyclic amines) is 1. The van der Waals surface area contributed by atoms with Crippen molar-refractivity contribution in [1.82, 2.24) is 4.90 Å². The van der Waals surface area contributed by atoms with E-state index in [9.17, 15) is 4.79 Å². The number of hydrogen-bond donors (Lipinski definition) is 0. The summed E-state index contributed by atoms with van der Waals surface area (Å²) in [5.41, 5.74) is 0. The van der Waals surface area contributed by atoms with Gasteiger partial charge < -0.3 is 0 Å². The van der Waals surface area contributed by atoms with Gasteiger partial charge in [0.1, 0.15) is 0 Å². The molecule has 1 unspecified atom stereocenters. The molecule has 2 nitrogen and oxygen atoms in total. The van der Waals surface area contributed by atoms with Gasteiger partial charge >= 0.3 is 0 Å². The Kier molecular flexibility index (Phi) is 2.66. The van der Waals surface area contributed by atoms with Gasteiger partial charge in [-0.1, -0.05) is 13.8 Å². The highest BCUT2D eigenvalue weighted by molar-refractivity contribution is 5.86. The van der Waals surface area contributed by atoms with Crippen molar-refractivity contribution in [1.29, 1.82) is 0 Å². The van der Waals surface area contributed by atoms with Crippen molar-refractivity contribution in [2.45, 2.75) is 33.2 Å². The molecular formula is C9H17NO. The topological polar surface area (TPSA) is 20.3 Å². The molecule has 11 heavy (non-hydrogen) atoms. The third-order valence-electron chi connectivity index (χ3n) is 2.70. The minimum atomic E-state index is 0.156. The first-order valence-electron chi connectivity index (χ1n) is 4.44. The van der Waals surface area contributed by atoms with E-state index in [2.05, 4.69) is 11.8 Å². The summed E-state index contributed by atoms with van der Waals surface area (Å²) < 4.78 is 0. The van der Waals surface area contributed by atoms with E-state index in [1.165, 1.54) is 0 Å². The first-order valence-corrected chi connectivity index (χ1v) is 4.44. The Labute approximate surface area is 68.6 Å². The van der Waals surface area contributed by atoms with E-state index in [1.807, 2.05) is 13.8 Å². The number of nitrogens with zero attached hydrogens (tertiary/aromatic N) is 1. The number of piperidine rings is 1. The lowest BCUT2D eigenvalue weighted by Gasteiger charge is -2.34. The van der Waals surface area contributed by atoms with E-state index in [0.29, 0.717) is 5.78 Å². The van der Waals surface area contributed by atoms with Crippen LogP contribution in [0, 0.1) is 5.92 Å². The van der Waals surface area contributed by atoms with Crippen molar-refractivity contribution in [2.75, 3.05) is 13.1 Å². The average Bonchev–Trinajstić information content (AvgIpc) is 2.01. The minimum absolute atomic E-state index is 0.156. The van der Waals surface area contributed by atoms with Gasteiger partial charge in [-0.05, 0) is 26.4 Å². The quantitative estimate of drug-likeness (QED) is 0.569. The predicted octanol–water partition coefficient (Wildman–Crippen LogP) is 1.31. The average molecular weight is 155 g/mol. The van der Waals surface area contributed by atoms with Gasteiger partial charge in [0.05, 0.1) is 6.04 Å². The highest BCUT2D eigenvalue weighted by atomic mass is 16.1. The van der Waals surface area contributed by atoms with Gasteiger partial charge in [0.25, 0.3) is 0 Å². The Hall–Kier alpha value is -0.370. The van der Waals surface area contributed by atoms with Crippen LogP contribution in [0.25, 0.3) is 0 Å². The van der Waals surface area contributed by atoms with Crippen LogP contribution < -0.4 is 0 Å². The van der Waals surface area contributed by atoms with Crippen LogP contribution in [-0.2, 0) is 4.79 Å². The van der Waals surface area contributed by atoms with Gasteiger partial charge in [0.2, 0.25) is 0 Å². The molecule has 0 aromatic carbocycles. The standard InChI is InChI=1S/C9H17NO/c1-4-10-6-5-7(2)9(11)8(10)3/h7-8H,4-6H2,1-3H3/t7?,8-/m0/s1. The van der Waals surface area contributed by atoms with Crippen LogP contribution in [0.15, 0.2) is 0 Å². The largest absolute Gasteiger partial charge is 0.298 e. The molecule has 1 saturated heterocycles. The minimum Gasteiger partial charge on any atom is -0.298 e. The molecule has 0 aliphatic carbocycles. The number of rotatable bonds is 1. The van der Waals surface area contributed by atoms with Crippen LogP contribution in [0.2, 0.25) is 0 Å². The van der Waals surface area contributed by atoms with Crippen molar-refractivity contribution in [2.24, 2.45) is 5.92 Å². The summed E-state index contributed by atoms with van der Waals surface area (Å²) in [5.74, 6) is 0.700. The zero-order valence-corrected chi connectivity index (χ0v) is 7.63. The maximum absolute atomic E-state index is 11.5. The molecule has 1 heterocycles. The van der Waals surface area contributed by atoms with E-state index in [1.54, 1.807) is 0 Å². The Morgan fingerprint density at radius 1 is 1.55 bits per heavy atom. The van der Waals surface area contributed by atoms with E-state index in [4.69, 9.17) is 0 Å². The lowest BCUT2D eigenvalue weighted by Crippen LogP contribution is -2.47. The molecule has 1 aliphatic heterocycles. The molecule has 2 heteroatoms. The Morgan fingerprint density at radius 3 is 2.73 bits per heavy atom. The van der Waals surface area contributed by atoms with Crippen molar-refractivity contribution < 1.29 is 4.79 Å². The molecule has 1 fully saturated rings. The fourth-order valence-electron chi connectivity index (χ4n) is 1.72. The van der Waals surface area contributed by atoms with Gasteiger partial charge in [-0.2, -0.15) is 0 Å². The van der Waals surface area contributed by atoms with E-state index in [-0.39, 0.29) is 12.0 Å². The second kappa shape index (κ2) is 3.35. The van der Waals surface area contributed by atoms with Gasteiger partial charge in [-0.15, -0.1) is 0 Å². The first-order chi connectivity index (χ1) is 5.16. The lowest BCUT2D eigenvalue weighted by molar-refractivity contribution is -0.130. The number of carbonyl (C=O) groups excluding carboxylic acids is 1. The Balaban J connectivity index is 2.59. The number of likely N-dealkylation sites (N-methyl/N-ethyl adjacent to an activating group) is 1. The van der Waals surface area contributed by atoms with E-state index in [0.717, 1.165) is 19.5 Å². The summed E-state index contributed by atoms with van der Waals surface area (Å²) in [4.78, 5) is 13.7. The van der Waals surface area contributed by atoms with Crippen molar-refractivity contribution in [3.63, 3.8) is 0 Å². The first kappa shape index (κ1) is 8.72. The number of carbonyl (C=O) groups is 1. The van der Waals surface area contributed by atoms with Gasteiger partial charge in [0, 0.05) is 5.92 Å². The zero-order valence-electron chi connectivity index (χ0n) is 7.63. The van der Waals surface area contributed by atoms with Crippen molar-refractivity contribution in [3.05, 3.63) is 0 Å². The van der Waals surface area contributed by atoms with Crippen molar-refractivity contribution in [3.8, 4) is 0 Å². The SMILES string of the molecule is CCN1CCC(C)C(=O)[C@@H]1C. The van der Waals surface area contributed by atoms with Crippen LogP contribution in [0.5, 0.6) is 0 Å². The molecule has 0 amide bonds. The van der Waals surface area contributed by atoms with Gasteiger partial charge in [0.15, 0.2) is 5.78 Å². The smallest absolute Gasteiger partial charge is 0.152 e. The molecule has 0 saturated carbocycles. The van der Waals surface area contributed by atoms with Crippen LogP contribution in [-0.4, -0.2) is 29.8 Å². The molecule has 1 rings (SSSR count). The third kappa shape index (κ3) is 1.62. The number of ketones is 1. The fraction of sp³-hybridized carbons (Fsp3) is 0.889. The molecule has 0 N–H and O–H groups in total. The highest BCUT2D eigenvalue weighted by Crippen LogP contribution is 2.17. The summed E-state index contributed by atoms with van der Waals surface area (Å²) in [7, 11) is 0. The van der Waals surface area contributed by atoms with Crippen LogP contribution >= 0.6 is 0 Å². The summed E-state index contributed by atoms with van der Waals surface area (Å²) >= 11 is 0. The second-order valence-electron chi connectivity index (χ2n) is 3.40. The zero-order chi connectivity index (χ0) is 8.43. The van der Waals surface area contributed by atoms with E-state index >= 15 is 0 Å². The van der Waals surface area contributed by atoms with E-state index < -0.39 is 0 Å². The van der Waals surface area contributed by atoms with Crippen LogP contribution in [0.4, 0.5) is 0 Å². The summed E-state index contributed by atoms with van der Waals surface area (Å²) in [6.45, 7) is 8.25. The molecule has 1 aliphatic rings. The molecule has 0 bridgehead atoms. The van der Waals surface area contributed by atoms with Gasteiger partial charge in [-0.3, -0.25) is 9.69 Å². The van der Waals surface area contributed by atoms with Crippen molar-refractivity contribution >= 4 is 5.78 Å².